The van der Waals surface area contributed by atoms with E-state index in [1.807, 2.05) is 0 Å². The van der Waals surface area contributed by atoms with Crippen molar-refractivity contribution >= 4 is 5.97 Å². The van der Waals surface area contributed by atoms with E-state index in [1.54, 1.807) is 0 Å². The minimum absolute atomic E-state index is 0.304. The number of carbonyl (C=O) groups excluding carboxylic acids is 1. The zero-order valence-corrected chi connectivity index (χ0v) is 18.6. The van der Waals surface area contributed by atoms with Crippen LogP contribution in [-0.2, 0) is 9.53 Å². The van der Waals surface area contributed by atoms with Crippen molar-refractivity contribution in [2.45, 2.75) is 135 Å². The Balaban J connectivity index is 3.30. The van der Waals surface area contributed by atoms with Gasteiger partial charge in [-0.25, -0.2) is 4.79 Å². The average Bonchev–Trinajstić information content (AvgIpc) is 2.68. The number of halogens is 5. The minimum atomic E-state index is -5.90. The molecule has 0 unspecified atom stereocenters. The van der Waals surface area contributed by atoms with Crippen LogP contribution in [0.2, 0.25) is 0 Å². The fraction of sp³-hybridized carbons (Fsp3) is 0.957. The molecule has 0 spiro atoms. The van der Waals surface area contributed by atoms with Crippen molar-refractivity contribution in [1.29, 1.82) is 0 Å². The van der Waals surface area contributed by atoms with Gasteiger partial charge in [0.2, 0.25) is 0 Å². The van der Waals surface area contributed by atoms with E-state index in [1.165, 1.54) is 83.5 Å². The first-order valence-electron chi connectivity index (χ1n) is 11.8. The summed E-state index contributed by atoms with van der Waals surface area (Å²) in [5, 5.41) is 0. The average molecular weight is 445 g/mol. The van der Waals surface area contributed by atoms with E-state index in [9.17, 15) is 26.7 Å². The minimum Gasteiger partial charge on any atom is -0.461 e. The molecule has 0 amide bonds. The van der Waals surface area contributed by atoms with Gasteiger partial charge in [-0.2, -0.15) is 22.0 Å². The number of hydrogen-bond donors (Lipinski definition) is 0. The lowest BCUT2D eigenvalue weighted by Crippen LogP contribution is -2.45. The summed E-state index contributed by atoms with van der Waals surface area (Å²) in [6, 6.07) is 0. The van der Waals surface area contributed by atoms with Crippen LogP contribution in [0.4, 0.5) is 22.0 Å². The molecule has 0 aliphatic rings. The van der Waals surface area contributed by atoms with E-state index in [2.05, 4.69) is 11.7 Å². The SMILES string of the molecule is CCCCCCCCCCCCCCCCCCCCOC(=O)C(F)(F)C(F)(F)F. The van der Waals surface area contributed by atoms with Crippen molar-refractivity contribution in [3.63, 3.8) is 0 Å². The maximum Gasteiger partial charge on any atom is 0.465 e. The van der Waals surface area contributed by atoms with Gasteiger partial charge in [0.05, 0.1) is 6.61 Å². The van der Waals surface area contributed by atoms with Gasteiger partial charge in [-0.05, 0) is 6.42 Å². The molecule has 30 heavy (non-hydrogen) atoms. The summed E-state index contributed by atoms with van der Waals surface area (Å²) in [4.78, 5) is 10.8. The van der Waals surface area contributed by atoms with Crippen molar-refractivity contribution in [3.8, 4) is 0 Å². The van der Waals surface area contributed by atoms with Gasteiger partial charge < -0.3 is 4.74 Å². The summed E-state index contributed by atoms with van der Waals surface area (Å²) in [6.07, 6.45) is 15.2. The molecule has 2 nitrogen and oxygen atoms in total. The second-order valence-electron chi connectivity index (χ2n) is 8.22. The smallest absolute Gasteiger partial charge is 0.461 e. The quantitative estimate of drug-likeness (QED) is 0.107. The third-order valence-electron chi connectivity index (χ3n) is 5.34. The summed E-state index contributed by atoms with van der Waals surface area (Å²) < 4.78 is 65.3. The molecule has 180 valence electrons. The highest BCUT2D eigenvalue weighted by molar-refractivity contribution is 5.78. The first-order chi connectivity index (χ1) is 14.2. The Hall–Kier alpha value is -0.880. The van der Waals surface area contributed by atoms with Gasteiger partial charge in [0.25, 0.3) is 0 Å². The molecule has 0 bridgehead atoms. The second-order valence-corrected chi connectivity index (χ2v) is 8.22. The summed E-state index contributed by atoms with van der Waals surface area (Å²) in [5.74, 6) is -7.94. The van der Waals surface area contributed by atoms with Crippen molar-refractivity contribution in [2.75, 3.05) is 6.61 Å². The molecule has 0 saturated heterocycles. The summed E-state index contributed by atoms with van der Waals surface area (Å²) in [5.41, 5.74) is 0. The number of unbranched alkanes of at least 4 members (excludes halogenated alkanes) is 17. The van der Waals surface area contributed by atoms with Gasteiger partial charge in [0.1, 0.15) is 0 Å². The highest BCUT2D eigenvalue weighted by Gasteiger charge is 2.64. The molecular formula is C23H41F5O2. The Bertz CT molecular complexity index is 411. The van der Waals surface area contributed by atoms with Crippen molar-refractivity contribution in [1.82, 2.24) is 0 Å². The van der Waals surface area contributed by atoms with Crippen LogP contribution in [0.3, 0.4) is 0 Å². The van der Waals surface area contributed by atoms with Crippen molar-refractivity contribution in [3.05, 3.63) is 0 Å². The number of ether oxygens (including phenoxy) is 1. The number of esters is 1. The molecule has 0 aromatic heterocycles. The largest absolute Gasteiger partial charge is 0.465 e. The fourth-order valence-electron chi connectivity index (χ4n) is 3.37. The maximum absolute atomic E-state index is 12.7. The monoisotopic (exact) mass is 444 g/mol. The molecular weight excluding hydrogens is 403 g/mol. The Morgan fingerprint density at radius 1 is 0.567 bits per heavy atom. The first-order valence-corrected chi connectivity index (χ1v) is 11.8. The van der Waals surface area contributed by atoms with Gasteiger partial charge in [-0.3, -0.25) is 0 Å². The van der Waals surface area contributed by atoms with Crippen LogP contribution in [-0.4, -0.2) is 24.7 Å². The van der Waals surface area contributed by atoms with Gasteiger partial charge in [-0.1, -0.05) is 116 Å². The lowest BCUT2D eigenvalue weighted by atomic mass is 10.0. The van der Waals surface area contributed by atoms with Crippen LogP contribution < -0.4 is 0 Å². The molecule has 0 aliphatic heterocycles. The van der Waals surface area contributed by atoms with E-state index in [0.29, 0.717) is 12.8 Å². The zero-order valence-electron chi connectivity index (χ0n) is 18.6. The Morgan fingerprint density at radius 3 is 1.17 bits per heavy atom. The predicted octanol–water partition coefficient (Wildman–Crippen LogP) is 8.77. The highest BCUT2D eigenvalue weighted by atomic mass is 19.4. The number of alkyl halides is 5. The molecule has 7 heteroatoms. The van der Waals surface area contributed by atoms with E-state index < -0.39 is 24.7 Å². The summed E-state index contributed by atoms with van der Waals surface area (Å²) in [6.45, 7) is 1.84. The van der Waals surface area contributed by atoms with Crippen molar-refractivity contribution < 1.29 is 31.5 Å². The molecule has 0 aromatic rings. The molecule has 0 N–H and O–H groups in total. The Kier molecular flexibility index (Phi) is 17.2. The van der Waals surface area contributed by atoms with Crippen molar-refractivity contribution in [2.24, 2.45) is 0 Å². The van der Waals surface area contributed by atoms with Crippen LogP contribution in [0.15, 0.2) is 0 Å². The summed E-state index contributed by atoms with van der Waals surface area (Å²) >= 11 is 0. The lowest BCUT2D eigenvalue weighted by Gasteiger charge is -2.17. The molecule has 0 aromatic carbocycles. The Labute approximate surface area is 179 Å². The van der Waals surface area contributed by atoms with E-state index in [0.717, 1.165) is 19.3 Å². The van der Waals surface area contributed by atoms with Gasteiger partial charge in [0, 0.05) is 0 Å². The van der Waals surface area contributed by atoms with E-state index >= 15 is 0 Å². The van der Waals surface area contributed by atoms with Crippen LogP contribution >= 0.6 is 0 Å². The third-order valence-corrected chi connectivity index (χ3v) is 5.34. The van der Waals surface area contributed by atoms with Gasteiger partial charge in [0.15, 0.2) is 0 Å². The van der Waals surface area contributed by atoms with Gasteiger partial charge in [-0.15, -0.1) is 0 Å². The number of hydrogen-bond acceptors (Lipinski definition) is 2. The topological polar surface area (TPSA) is 26.3 Å². The predicted molar refractivity (Wildman–Crippen MR) is 111 cm³/mol. The van der Waals surface area contributed by atoms with Crippen LogP contribution in [0.5, 0.6) is 0 Å². The second kappa shape index (κ2) is 17.8. The molecule has 0 atom stereocenters. The van der Waals surface area contributed by atoms with E-state index in [-0.39, 0.29) is 0 Å². The van der Waals surface area contributed by atoms with E-state index in [4.69, 9.17) is 0 Å². The summed E-state index contributed by atoms with van der Waals surface area (Å²) in [7, 11) is 0. The van der Waals surface area contributed by atoms with Crippen LogP contribution in [0.1, 0.15) is 122 Å². The zero-order chi connectivity index (χ0) is 22.7. The highest BCUT2D eigenvalue weighted by Crippen LogP contribution is 2.36. The molecule has 0 fully saturated rings. The van der Waals surface area contributed by atoms with Gasteiger partial charge >= 0.3 is 18.1 Å². The maximum atomic E-state index is 12.7. The number of rotatable bonds is 20. The number of carbonyl (C=O) groups is 1. The molecule has 0 rings (SSSR count). The van der Waals surface area contributed by atoms with Crippen LogP contribution in [0.25, 0.3) is 0 Å². The molecule has 0 radical (unpaired) electrons. The lowest BCUT2D eigenvalue weighted by molar-refractivity contribution is -0.280. The standard InChI is InChI=1S/C23H41F5O2/c1-2-3-4-5-6-7-8-9-10-11-12-13-14-15-16-17-18-19-20-30-21(29)22(24,25)23(26,27)28/h2-20H2,1H3. The Morgan fingerprint density at radius 2 is 0.867 bits per heavy atom. The fourth-order valence-corrected chi connectivity index (χ4v) is 3.37. The van der Waals surface area contributed by atoms with Crippen LogP contribution in [0, 0.1) is 0 Å². The molecule has 0 saturated carbocycles. The first kappa shape index (κ1) is 29.1. The third kappa shape index (κ3) is 15.0. The molecule has 0 heterocycles. The normalized spacial score (nSPS) is 12.3. The molecule has 0 aliphatic carbocycles.